The smallest absolute Gasteiger partial charge is 0.129 e. The molecule has 1 aromatic rings. The lowest BCUT2D eigenvalue weighted by atomic mass is 10.2. The quantitative estimate of drug-likeness (QED) is 0.667. The molecule has 0 amide bonds. The summed E-state index contributed by atoms with van der Waals surface area (Å²) in [7, 11) is 0. The van der Waals surface area contributed by atoms with Crippen molar-refractivity contribution >= 4 is 21.6 Å². The molecule has 1 aromatic heterocycles. The number of anilines is 1. The Labute approximate surface area is 67.0 Å². The number of pyridine rings is 1. The van der Waals surface area contributed by atoms with Crippen LogP contribution in [0.4, 0.5) is 5.69 Å². The zero-order valence-corrected chi connectivity index (χ0v) is 6.80. The van der Waals surface area contributed by atoms with Gasteiger partial charge in [-0.15, -0.1) is 0 Å². The molecule has 54 valence electrons. The van der Waals surface area contributed by atoms with Gasteiger partial charge in [-0.2, -0.15) is 0 Å². The molecule has 0 aliphatic heterocycles. The van der Waals surface area contributed by atoms with Crippen molar-refractivity contribution in [1.82, 2.24) is 4.98 Å². The number of aliphatic hydroxyl groups is 1. The molecule has 0 aliphatic rings. The normalized spacial score (nSPS) is 9.80. The van der Waals surface area contributed by atoms with Gasteiger partial charge in [0.2, 0.25) is 0 Å². The molecule has 0 aromatic carbocycles. The SMILES string of the molecule is Nc1c(CO)ccnc1Br. The molecule has 0 saturated heterocycles. The van der Waals surface area contributed by atoms with Crippen LogP contribution in [0.3, 0.4) is 0 Å². The number of aromatic nitrogens is 1. The summed E-state index contributed by atoms with van der Waals surface area (Å²) in [4.78, 5) is 3.87. The van der Waals surface area contributed by atoms with Crippen LogP contribution in [-0.4, -0.2) is 10.1 Å². The molecule has 0 fully saturated rings. The molecule has 10 heavy (non-hydrogen) atoms. The highest BCUT2D eigenvalue weighted by atomic mass is 79.9. The molecule has 0 spiro atoms. The molecule has 0 unspecified atom stereocenters. The van der Waals surface area contributed by atoms with E-state index in [9.17, 15) is 0 Å². The van der Waals surface area contributed by atoms with Gasteiger partial charge in [0.25, 0.3) is 0 Å². The van der Waals surface area contributed by atoms with Gasteiger partial charge in [-0.3, -0.25) is 0 Å². The second-order valence-electron chi connectivity index (χ2n) is 1.83. The maximum atomic E-state index is 8.71. The Bertz CT molecular complexity index is 239. The highest BCUT2D eigenvalue weighted by Gasteiger charge is 2.00. The Morgan fingerprint density at radius 1 is 1.70 bits per heavy atom. The molecule has 3 nitrogen and oxygen atoms in total. The minimum atomic E-state index is -0.0487. The molecule has 0 radical (unpaired) electrons. The molecule has 0 aliphatic carbocycles. The van der Waals surface area contributed by atoms with Gasteiger partial charge in [-0.25, -0.2) is 4.98 Å². The van der Waals surface area contributed by atoms with E-state index in [1.807, 2.05) is 0 Å². The Kier molecular flexibility index (Phi) is 2.24. The molecule has 0 bridgehead atoms. The predicted octanol–water partition coefficient (Wildman–Crippen LogP) is 0.919. The lowest BCUT2D eigenvalue weighted by molar-refractivity contribution is 0.282. The first kappa shape index (κ1) is 7.50. The first-order valence-electron chi connectivity index (χ1n) is 2.75. The van der Waals surface area contributed by atoms with E-state index in [4.69, 9.17) is 10.8 Å². The van der Waals surface area contributed by atoms with Crippen LogP contribution in [-0.2, 0) is 6.61 Å². The van der Waals surface area contributed by atoms with Gasteiger partial charge in [0.05, 0.1) is 12.3 Å². The standard InChI is InChI=1S/C6H7BrN2O/c7-6-5(8)4(3-10)1-2-9-6/h1-2,10H,3,8H2. The van der Waals surface area contributed by atoms with Gasteiger partial charge in [0, 0.05) is 11.8 Å². The van der Waals surface area contributed by atoms with Crippen LogP contribution in [0.15, 0.2) is 16.9 Å². The van der Waals surface area contributed by atoms with E-state index < -0.39 is 0 Å². The fourth-order valence-electron chi connectivity index (χ4n) is 0.622. The van der Waals surface area contributed by atoms with Crippen molar-refractivity contribution in [1.29, 1.82) is 0 Å². The maximum absolute atomic E-state index is 8.71. The van der Waals surface area contributed by atoms with Crippen LogP contribution in [0.25, 0.3) is 0 Å². The first-order valence-corrected chi connectivity index (χ1v) is 3.54. The molecule has 4 heteroatoms. The minimum absolute atomic E-state index is 0.0487. The minimum Gasteiger partial charge on any atom is -0.396 e. The summed E-state index contributed by atoms with van der Waals surface area (Å²) in [6, 6.07) is 1.68. The Hall–Kier alpha value is -0.610. The number of hydrogen-bond acceptors (Lipinski definition) is 3. The lowest BCUT2D eigenvalue weighted by Crippen LogP contribution is -1.96. The number of hydrogen-bond donors (Lipinski definition) is 2. The molecule has 1 heterocycles. The number of nitrogens with zero attached hydrogens (tertiary/aromatic N) is 1. The van der Waals surface area contributed by atoms with E-state index in [0.29, 0.717) is 15.9 Å². The van der Waals surface area contributed by atoms with Crippen LogP contribution in [0, 0.1) is 0 Å². The number of rotatable bonds is 1. The number of nitrogens with two attached hydrogens (primary N) is 1. The van der Waals surface area contributed by atoms with Crippen molar-refractivity contribution < 1.29 is 5.11 Å². The van der Waals surface area contributed by atoms with Gasteiger partial charge < -0.3 is 10.8 Å². The van der Waals surface area contributed by atoms with Crippen molar-refractivity contribution in [3.05, 3.63) is 22.4 Å². The highest BCUT2D eigenvalue weighted by Crippen LogP contribution is 2.19. The molecule has 0 saturated carbocycles. The van der Waals surface area contributed by atoms with E-state index in [1.54, 1.807) is 12.3 Å². The van der Waals surface area contributed by atoms with Gasteiger partial charge >= 0.3 is 0 Å². The summed E-state index contributed by atoms with van der Waals surface area (Å²) in [6.07, 6.45) is 1.59. The second-order valence-corrected chi connectivity index (χ2v) is 2.58. The topological polar surface area (TPSA) is 59.1 Å². The molecular formula is C6H7BrN2O. The predicted molar refractivity (Wildman–Crippen MR) is 42.3 cm³/mol. The van der Waals surface area contributed by atoms with Crippen LogP contribution < -0.4 is 5.73 Å². The van der Waals surface area contributed by atoms with Crippen LogP contribution >= 0.6 is 15.9 Å². The molecular weight excluding hydrogens is 196 g/mol. The third-order valence-electron chi connectivity index (χ3n) is 1.20. The number of halogens is 1. The molecule has 0 atom stereocenters. The average Bonchev–Trinajstić information content (AvgIpc) is 1.95. The largest absolute Gasteiger partial charge is 0.396 e. The van der Waals surface area contributed by atoms with E-state index in [-0.39, 0.29) is 6.61 Å². The Morgan fingerprint density at radius 2 is 2.40 bits per heavy atom. The summed E-state index contributed by atoms with van der Waals surface area (Å²) in [5, 5.41) is 8.71. The van der Waals surface area contributed by atoms with Gasteiger partial charge in [0.15, 0.2) is 0 Å². The Morgan fingerprint density at radius 3 is 2.90 bits per heavy atom. The molecule has 3 N–H and O–H groups in total. The Balaban J connectivity index is 3.14. The zero-order valence-electron chi connectivity index (χ0n) is 5.21. The van der Waals surface area contributed by atoms with Crippen LogP contribution in [0.2, 0.25) is 0 Å². The summed E-state index contributed by atoms with van der Waals surface area (Å²) < 4.78 is 0.582. The third kappa shape index (κ3) is 1.27. The summed E-state index contributed by atoms with van der Waals surface area (Å²) in [5.41, 5.74) is 6.72. The van der Waals surface area contributed by atoms with Crippen molar-refractivity contribution in [2.75, 3.05) is 5.73 Å². The van der Waals surface area contributed by atoms with E-state index in [2.05, 4.69) is 20.9 Å². The second kappa shape index (κ2) is 2.98. The van der Waals surface area contributed by atoms with E-state index >= 15 is 0 Å². The van der Waals surface area contributed by atoms with Gasteiger partial charge in [-0.05, 0) is 22.0 Å². The fraction of sp³-hybridized carbons (Fsp3) is 0.167. The number of nitrogen functional groups attached to an aromatic ring is 1. The van der Waals surface area contributed by atoms with E-state index in [0.717, 1.165) is 0 Å². The van der Waals surface area contributed by atoms with Crippen molar-refractivity contribution in [2.45, 2.75) is 6.61 Å². The average molecular weight is 203 g/mol. The van der Waals surface area contributed by atoms with Crippen molar-refractivity contribution in [2.24, 2.45) is 0 Å². The monoisotopic (exact) mass is 202 g/mol. The maximum Gasteiger partial charge on any atom is 0.129 e. The highest BCUT2D eigenvalue weighted by molar-refractivity contribution is 9.10. The number of aliphatic hydroxyl groups excluding tert-OH is 1. The van der Waals surface area contributed by atoms with E-state index in [1.165, 1.54) is 0 Å². The van der Waals surface area contributed by atoms with Gasteiger partial charge in [0.1, 0.15) is 4.60 Å². The lowest BCUT2D eigenvalue weighted by Gasteiger charge is -2.01. The summed E-state index contributed by atoms with van der Waals surface area (Å²) in [5.74, 6) is 0. The zero-order chi connectivity index (χ0) is 7.56. The fourth-order valence-corrected chi connectivity index (χ4v) is 0.995. The van der Waals surface area contributed by atoms with Crippen molar-refractivity contribution in [3.8, 4) is 0 Å². The van der Waals surface area contributed by atoms with Crippen molar-refractivity contribution in [3.63, 3.8) is 0 Å². The first-order chi connectivity index (χ1) is 4.75. The van der Waals surface area contributed by atoms with Gasteiger partial charge in [-0.1, -0.05) is 0 Å². The molecule has 1 rings (SSSR count). The van der Waals surface area contributed by atoms with Crippen LogP contribution in [0.5, 0.6) is 0 Å². The third-order valence-corrected chi connectivity index (χ3v) is 1.83. The summed E-state index contributed by atoms with van der Waals surface area (Å²) >= 11 is 3.14. The van der Waals surface area contributed by atoms with Crippen LogP contribution in [0.1, 0.15) is 5.56 Å². The summed E-state index contributed by atoms with van der Waals surface area (Å²) in [6.45, 7) is -0.0487.